The number of aromatic amines is 1. The highest BCUT2D eigenvalue weighted by atomic mass is 79.9. The van der Waals surface area contributed by atoms with Crippen molar-refractivity contribution in [3.05, 3.63) is 36.0 Å². The van der Waals surface area contributed by atoms with Crippen LogP contribution >= 0.6 is 15.9 Å². The standard InChI is InChI=1S/C18H24BrNO2/c1-2-3-4-7-13(19)10-11-15(18(21)22)16-12-20-17-9-6-5-8-14(16)17/h5-6,8-9,12-13,15,20H,2-4,7,10-11H2,1H3,(H,21,22)/p-1. The monoisotopic (exact) mass is 364 g/mol. The molecule has 2 atom stereocenters. The zero-order valence-electron chi connectivity index (χ0n) is 13.0. The van der Waals surface area contributed by atoms with E-state index in [9.17, 15) is 9.90 Å². The number of halogens is 1. The second-order valence-electron chi connectivity index (χ2n) is 5.83. The lowest BCUT2D eigenvalue weighted by Crippen LogP contribution is -2.30. The third kappa shape index (κ3) is 4.35. The van der Waals surface area contributed by atoms with E-state index in [1.54, 1.807) is 0 Å². The zero-order valence-corrected chi connectivity index (χ0v) is 14.6. The van der Waals surface area contributed by atoms with Crippen LogP contribution in [-0.2, 0) is 4.79 Å². The van der Waals surface area contributed by atoms with Crippen LogP contribution in [0.5, 0.6) is 0 Å². The van der Waals surface area contributed by atoms with Gasteiger partial charge in [-0.05, 0) is 30.9 Å². The maximum absolute atomic E-state index is 11.6. The van der Waals surface area contributed by atoms with E-state index in [4.69, 9.17) is 0 Å². The summed E-state index contributed by atoms with van der Waals surface area (Å²) in [4.78, 5) is 15.1. The molecular formula is C18H23BrNO2-. The van der Waals surface area contributed by atoms with Gasteiger partial charge >= 0.3 is 0 Å². The van der Waals surface area contributed by atoms with Gasteiger partial charge in [-0.15, -0.1) is 0 Å². The number of para-hydroxylation sites is 1. The van der Waals surface area contributed by atoms with Crippen molar-refractivity contribution >= 4 is 32.8 Å². The number of rotatable bonds is 9. The Balaban J connectivity index is 2.03. The maximum atomic E-state index is 11.6. The molecule has 0 aliphatic heterocycles. The molecule has 2 unspecified atom stereocenters. The smallest absolute Gasteiger partial charge is 0.0490 e. The molecule has 1 aromatic heterocycles. The number of fused-ring (bicyclic) bond motifs is 1. The van der Waals surface area contributed by atoms with E-state index in [1.165, 1.54) is 19.3 Å². The maximum Gasteiger partial charge on any atom is 0.0490 e. The second kappa shape index (κ2) is 8.37. The molecule has 1 heterocycles. The number of carbonyl (C=O) groups excluding carboxylic acids is 1. The van der Waals surface area contributed by atoms with Crippen LogP contribution in [0.15, 0.2) is 30.5 Å². The predicted octanol–water partition coefficient (Wildman–Crippen LogP) is 4.13. The molecule has 0 fully saturated rings. The van der Waals surface area contributed by atoms with Crippen LogP contribution in [0.3, 0.4) is 0 Å². The van der Waals surface area contributed by atoms with Crippen molar-refractivity contribution in [3.63, 3.8) is 0 Å². The number of aromatic nitrogens is 1. The Hall–Kier alpha value is -1.29. The van der Waals surface area contributed by atoms with Gasteiger partial charge in [-0.1, -0.05) is 60.3 Å². The Labute approximate surface area is 140 Å². The fourth-order valence-electron chi connectivity index (χ4n) is 2.89. The molecule has 0 spiro atoms. The summed E-state index contributed by atoms with van der Waals surface area (Å²) in [5, 5.41) is 12.6. The van der Waals surface area contributed by atoms with Gasteiger partial charge in [-0.25, -0.2) is 0 Å². The van der Waals surface area contributed by atoms with Gasteiger partial charge in [0.1, 0.15) is 0 Å². The number of H-pyrrole nitrogens is 1. The van der Waals surface area contributed by atoms with Crippen LogP contribution < -0.4 is 5.11 Å². The SMILES string of the molecule is CCCCCC(Br)CCC(C(=O)[O-])c1c[nH]c2ccccc12. The number of nitrogens with one attached hydrogen (secondary N) is 1. The van der Waals surface area contributed by atoms with E-state index in [0.29, 0.717) is 11.2 Å². The summed E-state index contributed by atoms with van der Waals surface area (Å²) in [7, 11) is 0. The first-order valence-electron chi connectivity index (χ1n) is 8.04. The number of alkyl halides is 1. The van der Waals surface area contributed by atoms with Crippen LogP contribution in [0.25, 0.3) is 10.9 Å². The summed E-state index contributed by atoms with van der Waals surface area (Å²) in [5.74, 6) is -1.54. The van der Waals surface area contributed by atoms with Crippen LogP contribution in [0, 0.1) is 0 Å². The van der Waals surface area contributed by atoms with Gasteiger partial charge in [0, 0.05) is 33.8 Å². The molecule has 0 amide bonds. The molecule has 22 heavy (non-hydrogen) atoms. The minimum atomic E-state index is -0.988. The number of benzene rings is 1. The van der Waals surface area contributed by atoms with E-state index in [1.807, 2.05) is 30.5 Å². The van der Waals surface area contributed by atoms with Crippen LogP contribution in [0.1, 0.15) is 56.9 Å². The molecule has 1 aromatic carbocycles. The summed E-state index contributed by atoms with van der Waals surface area (Å²) in [6.45, 7) is 2.19. The molecule has 0 aliphatic rings. The first-order chi connectivity index (χ1) is 10.6. The molecule has 2 aromatic rings. The Morgan fingerprint density at radius 2 is 2.00 bits per heavy atom. The van der Waals surface area contributed by atoms with E-state index in [2.05, 4.69) is 27.8 Å². The Morgan fingerprint density at radius 1 is 1.23 bits per heavy atom. The predicted molar refractivity (Wildman–Crippen MR) is 92.1 cm³/mol. The lowest BCUT2D eigenvalue weighted by molar-refractivity contribution is -0.308. The van der Waals surface area contributed by atoms with Gasteiger partial charge in [0.2, 0.25) is 0 Å². The molecule has 3 nitrogen and oxygen atoms in total. The van der Waals surface area contributed by atoms with Crippen molar-refractivity contribution in [2.45, 2.75) is 56.2 Å². The first-order valence-corrected chi connectivity index (χ1v) is 8.96. The molecule has 120 valence electrons. The van der Waals surface area contributed by atoms with Crippen molar-refractivity contribution in [1.82, 2.24) is 4.98 Å². The van der Waals surface area contributed by atoms with Gasteiger partial charge in [0.15, 0.2) is 0 Å². The average Bonchev–Trinajstić information content (AvgIpc) is 2.91. The lowest BCUT2D eigenvalue weighted by Gasteiger charge is -2.19. The summed E-state index contributed by atoms with van der Waals surface area (Å²) in [6.07, 6.45) is 7.99. The van der Waals surface area contributed by atoms with Gasteiger partial charge in [0.25, 0.3) is 0 Å². The van der Waals surface area contributed by atoms with E-state index < -0.39 is 11.9 Å². The number of hydrogen-bond acceptors (Lipinski definition) is 2. The molecule has 1 N–H and O–H groups in total. The molecule has 0 radical (unpaired) electrons. The third-order valence-corrected chi connectivity index (χ3v) is 5.09. The number of aliphatic carboxylic acids is 1. The molecule has 0 saturated heterocycles. The number of carboxylic acid groups (broad SMARTS) is 1. The zero-order chi connectivity index (χ0) is 15.9. The molecule has 4 heteroatoms. The Bertz CT molecular complexity index is 608. The highest BCUT2D eigenvalue weighted by Crippen LogP contribution is 2.30. The van der Waals surface area contributed by atoms with Crippen molar-refractivity contribution in [2.24, 2.45) is 0 Å². The highest BCUT2D eigenvalue weighted by Gasteiger charge is 2.18. The lowest BCUT2D eigenvalue weighted by atomic mass is 9.92. The number of unbranched alkanes of at least 4 members (excludes halogenated alkanes) is 2. The van der Waals surface area contributed by atoms with Gasteiger partial charge in [-0.3, -0.25) is 0 Å². The van der Waals surface area contributed by atoms with E-state index in [-0.39, 0.29) is 0 Å². The molecule has 0 bridgehead atoms. The number of carbonyl (C=O) groups is 1. The van der Waals surface area contributed by atoms with Crippen LogP contribution in [-0.4, -0.2) is 15.8 Å². The molecule has 0 aliphatic carbocycles. The van der Waals surface area contributed by atoms with Gasteiger partial charge in [0.05, 0.1) is 0 Å². The van der Waals surface area contributed by atoms with Crippen molar-refractivity contribution in [3.8, 4) is 0 Å². The fraction of sp³-hybridized carbons (Fsp3) is 0.500. The largest absolute Gasteiger partial charge is 0.549 e. The van der Waals surface area contributed by atoms with Gasteiger partial charge < -0.3 is 14.9 Å². The molecular weight excluding hydrogens is 342 g/mol. The van der Waals surface area contributed by atoms with Crippen molar-refractivity contribution < 1.29 is 9.90 Å². The number of hydrogen-bond donors (Lipinski definition) is 1. The van der Waals surface area contributed by atoms with Crippen molar-refractivity contribution in [2.75, 3.05) is 0 Å². The van der Waals surface area contributed by atoms with E-state index >= 15 is 0 Å². The third-order valence-electron chi connectivity index (χ3n) is 4.17. The highest BCUT2D eigenvalue weighted by molar-refractivity contribution is 9.09. The Morgan fingerprint density at radius 3 is 2.73 bits per heavy atom. The molecule has 2 rings (SSSR count). The quantitative estimate of drug-likeness (QED) is 0.537. The minimum absolute atomic E-state index is 0.381. The summed E-state index contributed by atoms with van der Waals surface area (Å²) >= 11 is 3.68. The summed E-state index contributed by atoms with van der Waals surface area (Å²) in [5.41, 5.74) is 1.81. The fourth-order valence-corrected chi connectivity index (χ4v) is 3.48. The summed E-state index contributed by atoms with van der Waals surface area (Å²) in [6, 6.07) is 7.80. The Kier molecular flexibility index (Phi) is 6.49. The number of carboxylic acids is 1. The molecule has 0 saturated carbocycles. The van der Waals surface area contributed by atoms with E-state index in [0.717, 1.165) is 29.3 Å². The van der Waals surface area contributed by atoms with Gasteiger partial charge in [-0.2, -0.15) is 0 Å². The average molecular weight is 365 g/mol. The minimum Gasteiger partial charge on any atom is -0.549 e. The normalized spacial score (nSPS) is 14.1. The van der Waals surface area contributed by atoms with Crippen LogP contribution in [0.4, 0.5) is 0 Å². The van der Waals surface area contributed by atoms with Crippen molar-refractivity contribution in [1.29, 1.82) is 0 Å². The second-order valence-corrected chi connectivity index (χ2v) is 7.13. The van der Waals surface area contributed by atoms with Crippen LogP contribution in [0.2, 0.25) is 0 Å². The summed E-state index contributed by atoms with van der Waals surface area (Å²) < 4.78 is 0. The topological polar surface area (TPSA) is 55.9 Å². The first kappa shape index (κ1) is 17.1.